The molecule has 2 aliphatic rings. The average Bonchev–Trinajstić information content (AvgIpc) is 3.38. The van der Waals surface area contributed by atoms with Gasteiger partial charge in [0, 0.05) is 25.5 Å². The third-order valence-corrected chi connectivity index (χ3v) is 5.67. The van der Waals surface area contributed by atoms with Crippen molar-refractivity contribution < 1.29 is 4.79 Å². The maximum atomic E-state index is 13.1. The monoisotopic (exact) mass is 339 g/mol. The standard InChI is InChI=1S/C19H25N5O/c1-14-18(21-22-24(14)13-15-6-2-3-7-15)19(25)23-11-5-9-17(23)16-8-4-10-20-12-16/h4,8,10,12,15,17H,2-3,5-7,9,11,13H2,1H3. The Morgan fingerprint density at radius 2 is 2.08 bits per heavy atom. The van der Waals surface area contributed by atoms with Gasteiger partial charge in [-0.15, -0.1) is 5.10 Å². The van der Waals surface area contributed by atoms with E-state index in [1.165, 1.54) is 25.7 Å². The van der Waals surface area contributed by atoms with Gasteiger partial charge in [0.25, 0.3) is 5.91 Å². The van der Waals surface area contributed by atoms with Crippen molar-refractivity contribution in [1.29, 1.82) is 0 Å². The third-order valence-electron chi connectivity index (χ3n) is 5.67. The number of aromatic nitrogens is 4. The molecule has 0 radical (unpaired) electrons. The molecule has 25 heavy (non-hydrogen) atoms. The molecule has 1 unspecified atom stereocenters. The topological polar surface area (TPSA) is 63.9 Å². The van der Waals surface area contributed by atoms with E-state index in [4.69, 9.17) is 0 Å². The quantitative estimate of drug-likeness (QED) is 0.858. The highest BCUT2D eigenvalue weighted by molar-refractivity contribution is 5.93. The fraction of sp³-hybridized carbons (Fsp3) is 0.579. The highest BCUT2D eigenvalue weighted by Crippen LogP contribution is 2.33. The molecule has 1 aliphatic heterocycles. The average molecular weight is 339 g/mol. The van der Waals surface area contributed by atoms with Gasteiger partial charge in [-0.2, -0.15) is 0 Å². The van der Waals surface area contributed by atoms with Gasteiger partial charge in [-0.1, -0.05) is 24.1 Å². The molecule has 1 saturated carbocycles. The molecule has 6 heteroatoms. The first-order valence-corrected chi connectivity index (χ1v) is 9.35. The summed E-state index contributed by atoms with van der Waals surface area (Å²) in [4.78, 5) is 19.2. The van der Waals surface area contributed by atoms with Gasteiger partial charge in [0.15, 0.2) is 5.69 Å². The summed E-state index contributed by atoms with van der Waals surface area (Å²) in [5.41, 5.74) is 2.51. The van der Waals surface area contributed by atoms with Gasteiger partial charge in [0.2, 0.25) is 0 Å². The van der Waals surface area contributed by atoms with Gasteiger partial charge in [-0.05, 0) is 50.2 Å². The molecule has 0 aromatic carbocycles. The van der Waals surface area contributed by atoms with Crippen molar-refractivity contribution in [3.63, 3.8) is 0 Å². The lowest BCUT2D eigenvalue weighted by molar-refractivity contribution is 0.0728. The lowest BCUT2D eigenvalue weighted by Gasteiger charge is -2.24. The van der Waals surface area contributed by atoms with Gasteiger partial charge in [-0.25, -0.2) is 4.68 Å². The fourth-order valence-corrected chi connectivity index (χ4v) is 4.23. The smallest absolute Gasteiger partial charge is 0.276 e. The molecule has 1 amide bonds. The summed E-state index contributed by atoms with van der Waals surface area (Å²) in [5.74, 6) is 0.680. The second kappa shape index (κ2) is 6.94. The first-order chi connectivity index (χ1) is 12.2. The Labute approximate surface area is 148 Å². The Kier molecular flexibility index (Phi) is 4.51. The predicted octanol–water partition coefficient (Wildman–Crippen LogP) is 3.15. The van der Waals surface area contributed by atoms with Crippen LogP contribution in [0.5, 0.6) is 0 Å². The normalized spacial score (nSPS) is 21.2. The van der Waals surface area contributed by atoms with Crippen molar-refractivity contribution in [3.8, 4) is 0 Å². The molecule has 0 spiro atoms. The minimum absolute atomic E-state index is 0.00141. The van der Waals surface area contributed by atoms with E-state index in [1.54, 1.807) is 6.20 Å². The van der Waals surface area contributed by atoms with Crippen LogP contribution in [0.15, 0.2) is 24.5 Å². The Hall–Kier alpha value is -2.24. The number of likely N-dealkylation sites (tertiary alicyclic amines) is 1. The summed E-state index contributed by atoms with van der Waals surface area (Å²) >= 11 is 0. The lowest BCUT2D eigenvalue weighted by Crippen LogP contribution is -2.31. The maximum Gasteiger partial charge on any atom is 0.276 e. The van der Waals surface area contributed by atoms with Crippen molar-refractivity contribution in [2.24, 2.45) is 5.92 Å². The Morgan fingerprint density at radius 3 is 2.84 bits per heavy atom. The number of nitrogens with zero attached hydrogens (tertiary/aromatic N) is 5. The maximum absolute atomic E-state index is 13.1. The zero-order valence-corrected chi connectivity index (χ0v) is 14.8. The first kappa shape index (κ1) is 16.2. The van der Waals surface area contributed by atoms with Gasteiger partial charge in [-0.3, -0.25) is 9.78 Å². The van der Waals surface area contributed by atoms with E-state index in [0.29, 0.717) is 11.6 Å². The number of carbonyl (C=O) groups is 1. The summed E-state index contributed by atoms with van der Waals surface area (Å²) in [5, 5.41) is 8.51. The third kappa shape index (κ3) is 3.17. The molecule has 2 aromatic heterocycles. The molecule has 1 aliphatic carbocycles. The zero-order valence-electron chi connectivity index (χ0n) is 14.8. The molecule has 3 heterocycles. The van der Waals surface area contributed by atoms with Gasteiger partial charge in [0.1, 0.15) is 0 Å². The summed E-state index contributed by atoms with van der Waals surface area (Å²) in [6.07, 6.45) is 10.8. The van der Waals surface area contributed by atoms with Crippen LogP contribution in [0.4, 0.5) is 0 Å². The van der Waals surface area contributed by atoms with Crippen molar-refractivity contribution in [1.82, 2.24) is 24.9 Å². The number of rotatable bonds is 4. The van der Waals surface area contributed by atoms with E-state index in [1.807, 2.05) is 34.8 Å². The summed E-state index contributed by atoms with van der Waals surface area (Å²) in [7, 11) is 0. The van der Waals surface area contributed by atoms with Crippen LogP contribution in [0, 0.1) is 12.8 Å². The van der Waals surface area contributed by atoms with E-state index >= 15 is 0 Å². The SMILES string of the molecule is Cc1c(C(=O)N2CCCC2c2cccnc2)nnn1CC1CCCC1. The summed E-state index contributed by atoms with van der Waals surface area (Å²) in [6, 6.07) is 4.08. The largest absolute Gasteiger partial charge is 0.330 e. The minimum Gasteiger partial charge on any atom is -0.330 e. The number of pyridine rings is 1. The molecule has 1 atom stereocenters. The van der Waals surface area contributed by atoms with E-state index in [0.717, 1.165) is 37.2 Å². The number of amides is 1. The second-order valence-corrected chi connectivity index (χ2v) is 7.30. The van der Waals surface area contributed by atoms with E-state index in [-0.39, 0.29) is 11.9 Å². The molecule has 132 valence electrons. The predicted molar refractivity (Wildman–Crippen MR) is 94.0 cm³/mol. The van der Waals surface area contributed by atoms with E-state index < -0.39 is 0 Å². The molecule has 0 N–H and O–H groups in total. The lowest BCUT2D eigenvalue weighted by atomic mass is 10.1. The highest BCUT2D eigenvalue weighted by Gasteiger charge is 2.33. The zero-order chi connectivity index (χ0) is 17.2. The Bertz CT molecular complexity index is 736. The Morgan fingerprint density at radius 1 is 1.24 bits per heavy atom. The summed E-state index contributed by atoms with van der Waals surface area (Å²) < 4.78 is 1.93. The van der Waals surface area contributed by atoms with Crippen LogP contribution >= 0.6 is 0 Å². The molecule has 0 bridgehead atoms. The molecule has 1 saturated heterocycles. The molecule has 6 nitrogen and oxygen atoms in total. The number of hydrogen-bond acceptors (Lipinski definition) is 4. The van der Waals surface area contributed by atoms with Crippen molar-refractivity contribution in [3.05, 3.63) is 41.5 Å². The highest BCUT2D eigenvalue weighted by atomic mass is 16.2. The van der Waals surface area contributed by atoms with Gasteiger partial charge < -0.3 is 4.90 Å². The number of carbonyl (C=O) groups excluding carboxylic acids is 1. The first-order valence-electron chi connectivity index (χ1n) is 9.35. The molecular formula is C19H25N5O. The molecule has 2 fully saturated rings. The van der Waals surface area contributed by atoms with Crippen LogP contribution < -0.4 is 0 Å². The van der Waals surface area contributed by atoms with Crippen LogP contribution in [0.1, 0.15) is 66.3 Å². The van der Waals surface area contributed by atoms with Crippen molar-refractivity contribution in [2.45, 2.75) is 58.0 Å². The van der Waals surface area contributed by atoms with E-state index in [2.05, 4.69) is 15.3 Å². The summed E-state index contributed by atoms with van der Waals surface area (Å²) in [6.45, 7) is 3.63. The minimum atomic E-state index is 0.00141. The van der Waals surface area contributed by atoms with Crippen molar-refractivity contribution >= 4 is 5.91 Å². The van der Waals surface area contributed by atoms with E-state index in [9.17, 15) is 4.79 Å². The van der Waals surface area contributed by atoms with Crippen LogP contribution in [-0.2, 0) is 6.54 Å². The molecular weight excluding hydrogens is 314 g/mol. The van der Waals surface area contributed by atoms with Crippen LogP contribution in [0.25, 0.3) is 0 Å². The fourth-order valence-electron chi connectivity index (χ4n) is 4.23. The molecule has 4 rings (SSSR count). The van der Waals surface area contributed by atoms with Crippen LogP contribution in [0.3, 0.4) is 0 Å². The van der Waals surface area contributed by atoms with Crippen LogP contribution in [0.2, 0.25) is 0 Å². The second-order valence-electron chi connectivity index (χ2n) is 7.30. The Balaban J connectivity index is 1.53. The van der Waals surface area contributed by atoms with Gasteiger partial charge in [0.05, 0.1) is 11.7 Å². The van der Waals surface area contributed by atoms with Crippen LogP contribution in [-0.4, -0.2) is 37.3 Å². The molecule has 2 aromatic rings. The van der Waals surface area contributed by atoms with Gasteiger partial charge >= 0.3 is 0 Å². The number of hydrogen-bond donors (Lipinski definition) is 0. The van der Waals surface area contributed by atoms with Crippen molar-refractivity contribution in [2.75, 3.05) is 6.54 Å².